The minimum absolute atomic E-state index is 0.0994. The van der Waals surface area contributed by atoms with Gasteiger partial charge in [0.05, 0.1) is 12.3 Å². The van der Waals surface area contributed by atoms with Crippen molar-refractivity contribution in [2.75, 3.05) is 6.61 Å². The van der Waals surface area contributed by atoms with Gasteiger partial charge in [0.15, 0.2) is 0 Å². The van der Waals surface area contributed by atoms with E-state index in [0.29, 0.717) is 0 Å². The minimum atomic E-state index is -0.0994. The van der Waals surface area contributed by atoms with Crippen LogP contribution in [0.5, 0.6) is 0 Å². The zero-order chi connectivity index (χ0) is 9.31. The lowest BCUT2D eigenvalue weighted by molar-refractivity contribution is 0.187. The average Bonchev–Trinajstić information content (AvgIpc) is 2.73. The highest BCUT2D eigenvalue weighted by Gasteiger charge is 2.37. The molecule has 1 fully saturated rings. The van der Waals surface area contributed by atoms with Crippen LogP contribution in [-0.4, -0.2) is 16.9 Å². The molecule has 0 unspecified atom stereocenters. The third kappa shape index (κ3) is 1.37. The van der Waals surface area contributed by atoms with E-state index < -0.39 is 0 Å². The van der Waals surface area contributed by atoms with Crippen molar-refractivity contribution in [3.05, 3.63) is 17.5 Å². The Kier molecular flexibility index (Phi) is 2.12. The van der Waals surface area contributed by atoms with Gasteiger partial charge in [0.2, 0.25) is 0 Å². The van der Waals surface area contributed by atoms with Gasteiger partial charge in [0.25, 0.3) is 0 Å². The smallest absolute Gasteiger partial charge is 0.133 e. The molecule has 3 nitrogen and oxygen atoms in total. The standard InChI is InChI=1S/C10H15NO2/c1-8-6-9(11-13-8)10(7-12)4-2-3-5-10/h6,12H,2-5,7H2,1H3. The van der Waals surface area contributed by atoms with Crippen LogP contribution in [0.25, 0.3) is 0 Å². The number of rotatable bonds is 2. The van der Waals surface area contributed by atoms with Crippen LogP contribution in [-0.2, 0) is 5.41 Å². The number of aryl methyl sites for hydroxylation is 1. The van der Waals surface area contributed by atoms with Crippen molar-refractivity contribution in [2.45, 2.75) is 38.0 Å². The summed E-state index contributed by atoms with van der Waals surface area (Å²) in [6, 6.07) is 1.95. The number of aliphatic hydroxyl groups excluding tert-OH is 1. The highest BCUT2D eigenvalue weighted by Crippen LogP contribution is 2.40. The molecule has 0 aromatic carbocycles. The normalized spacial score (nSPS) is 20.8. The molecule has 13 heavy (non-hydrogen) atoms. The molecule has 1 N–H and O–H groups in total. The molecular weight excluding hydrogens is 166 g/mol. The second kappa shape index (κ2) is 3.14. The monoisotopic (exact) mass is 181 g/mol. The van der Waals surface area contributed by atoms with Gasteiger partial charge in [-0.25, -0.2) is 0 Å². The molecule has 1 saturated carbocycles. The van der Waals surface area contributed by atoms with E-state index >= 15 is 0 Å². The summed E-state index contributed by atoms with van der Waals surface area (Å²) in [5.74, 6) is 0.828. The van der Waals surface area contributed by atoms with Crippen LogP contribution in [0.2, 0.25) is 0 Å². The Bertz CT molecular complexity index is 287. The number of hydrogen-bond donors (Lipinski definition) is 1. The summed E-state index contributed by atoms with van der Waals surface area (Å²) in [4.78, 5) is 0. The molecule has 0 aliphatic heterocycles. The first-order valence-corrected chi connectivity index (χ1v) is 4.81. The summed E-state index contributed by atoms with van der Waals surface area (Å²) in [7, 11) is 0. The van der Waals surface area contributed by atoms with E-state index in [1.54, 1.807) is 0 Å². The molecule has 0 bridgehead atoms. The first-order chi connectivity index (χ1) is 6.27. The maximum absolute atomic E-state index is 9.40. The number of aromatic nitrogens is 1. The number of aliphatic hydroxyl groups is 1. The summed E-state index contributed by atoms with van der Waals surface area (Å²) in [6.07, 6.45) is 4.45. The second-order valence-corrected chi connectivity index (χ2v) is 3.97. The molecular formula is C10H15NO2. The van der Waals surface area contributed by atoms with E-state index in [1.165, 1.54) is 12.8 Å². The van der Waals surface area contributed by atoms with Crippen LogP contribution in [0.3, 0.4) is 0 Å². The maximum atomic E-state index is 9.40. The molecule has 72 valence electrons. The summed E-state index contributed by atoms with van der Waals surface area (Å²) < 4.78 is 5.04. The van der Waals surface area contributed by atoms with Crippen molar-refractivity contribution >= 4 is 0 Å². The Balaban J connectivity index is 2.30. The topological polar surface area (TPSA) is 46.3 Å². The molecule has 0 spiro atoms. The first-order valence-electron chi connectivity index (χ1n) is 4.81. The molecule has 0 saturated heterocycles. The van der Waals surface area contributed by atoms with Crippen molar-refractivity contribution in [1.29, 1.82) is 0 Å². The lowest BCUT2D eigenvalue weighted by Gasteiger charge is -2.22. The Morgan fingerprint density at radius 3 is 2.69 bits per heavy atom. The molecule has 1 aliphatic carbocycles. The summed E-state index contributed by atoms with van der Waals surface area (Å²) in [5, 5.41) is 13.4. The number of hydrogen-bond acceptors (Lipinski definition) is 3. The molecule has 1 aliphatic rings. The van der Waals surface area contributed by atoms with E-state index in [0.717, 1.165) is 24.3 Å². The highest BCUT2D eigenvalue weighted by atomic mass is 16.5. The fourth-order valence-electron chi connectivity index (χ4n) is 2.16. The molecule has 0 radical (unpaired) electrons. The van der Waals surface area contributed by atoms with Gasteiger partial charge in [0, 0.05) is 11.5 Å². The first kappa shape index (κ1) is 8.75. The molecule has 1 heterocycles. The summed E-state index contributed by atoms with van der Waals surface area (Å²) in [5.41, 5.74) is 0.836. The van der Waals surface area contributed by atoms with Gasteiger partial charge in [-0.3, -0.25) is 0 Å². The number of nitrogens with zero attached hydrogens (tertiary/aromatic N) is 1. The molecule has 1 aromatic rings. The predicted molar refractivity (Wildman–Crippen MR) is 48.5 cm³/mol. The minimum Gasteiger partial charge on any atom is -0.395 e. The van der Waals surface area contributed by atoms with Crippen LogP contribution < -0.4 is 0 Å². The van der Waals surface area contributed by atoms with Crippen molar-refractivity contribution < 1.29 is 9.63 Å². The maximum Gasteiger partial charge on any atom is 0.133 e. The third-order valence-corrected chi connectivity index (χ3v) is 3.03. The van der Waals surface area contributed by atoms with E-state index in [9.17, 15) is 5.11 Å². The van der Waals surface area contributed by atoms with Gasteiger partial charge in [-0.15, -0.1) is 0 Å². The van der Waals surface area contributed by atoms with Crippen molar-refractivity contribution in [2.24, 2.45) is 0 Å². The average molecular weight is 181 g/mol. The van der Waals surface area contributed by atoms with E-state index in [4.69, 9.17) is 4.52 Å². The van der Waals surface area contributed by atoms with Gasteiger partial charge >= 0.3 is 0 Å². The van der Waals surface area contributed by atoms with Gasteiger partial charge in [0.1, 0.15) is 5.76 Å². The lowest BCUT2D eigenvalue weighted by atomic mass is 9.83. The SMILES string of the molecule is Cc1cc(C2(CO)CCCC2)no1. The zero-order valence-electron chi connectivity index (χ0n) is 7.92. The fraction of sp³-hybridized carbons (Fsp3) is 0.700. The van der Waals surface area contributed by atoms with Crippen LogP contribution in [0.4, 0.5) is 0 Å². The molecule has 3 heteroatoms. The molecule has 0 amide bonds. The van der Waals surface area contributed by atoms with E-state index in [2.05, 4.69) is 5.16 Å². The Labute approximate surface area is 77.7 Å². The second-order valence-electron chi connectivity index (χ2n) is 3.97. The van der Waals surface area contributed by atoms with Gasteiger partial charge in [-0.2, -0.15) is 0 Å². The fourth-order valence-corrected chi connectivity index (χ4v) is 2.16. The highest BCUT2D eigenvalue weighted by molar-refractivity contribution is 5.18. The third-order valence-electron chi connectivity index (χ3n) is 3.03. The predicted octanol–water partition coefficient (Wildman–Crippen LogP) is 1.79. The van der Waals surface area contributed by atoms with E-state index in [1.807, 2.05) is 13.0 Å². The Morgan fingerprint density at radius 2 is 2.23 bits per heavy atom. The molecule has 2 rings (SSSR count). The summed E-state index contributed by atoms with van der Waals surface area (Å²) in [6.45, 7) is 2.08. The van der Waals surface area contributed by atoms with E-state index in [-0.39, 0.29) is 12.0 Å². The van der Waals surface area contributed by atoms with Gasteiger partial charge in [-0.05, 0) is 19.8 Å². The zero-order valence-corrected chi connectivity index (χ0v) is 7.92. The largest absolute Gasteiger partial charge is 0.395 e. The van der Waals surface area contributed by atoms with Crippen molar-refractivity contribution in [3.8, 4) is 0 Å². The van der Waals surface area contributed by atoms with Crippen molar-refractivity contribution in [3.63, 3.8) is 0 Å². The lowest BCUT2D eigenvalue weighted by Crippen LogP contribution is -2.27. The van der Waals surface area contributed by atoms with Crippen LogP contribution in [0, 0.1) is 6.92 Å². The Morgan fingerprint density at radius 1 is 1.54 bits per heavy atom. The summed E-state index contributed by atoms with van der Waals surface area (Å²) >= 11 is 0. The molecule has 1 aromatic heterocycles. The molecule has 0 atom stereocenters. The quantitative estimate of drug-likeness (QED) is 0.756. The Hall–Kier alpha value is -0.830. The van der Waals surface area contributed by atoms with Gasteiger partial charge in [-0.1, -0.05) is 18.0 Å². The van der Waals surface area contributed by atoms with Crippen LogP contribution >= 0.6 is 0 Å². The van der Waals surface area contributed by atoms with Crippen LogP contribution in [0.1, 0.15) is 37.1 Å². The van der Waals surface area contributed by atoms with Crippen molar-refractivity contribution in [1.82, 2.24) is 5.16 Å². The van der Waals surface area contributed by atoms with Crippen LogP contribution in [0.15, 0.2) is 10.6 Å². The van der Waals surface area contributed by atoms with Gasteiger partial charge < -0.3 is 9.63 Å².